The maximum Gasteiger partial charge on any atom is 0.292 e. The maximum atomic E-state index is 11.0. The lowest BCUT2D eigenvalue weighted by Gasteiger charge is -2.07. The van der Waals surface area contributed by atoms with Crippen LogP contribution in [-0.4, -0.2) is 22.9 Å². The molecular weight excluding hydrogens is 408 g/mol. The fraction of sp³-hybridized carbons (Fsp3) is 0.500. The Labute approximate surface area is 189 Å². The number of nitrogens with zero attached hydrogens (tertiary/aromatic N) is 2. The Kier molecular flexibility index (Phi) is 11.6. The largest absolute Gasteiger partial charge is 0.379 e. The van der Waals surface area contributed by atoms with Gasteiger partial charge in [0.2, 0.25) is 0 Å². The monoisotopic (exact) mass is 442 g/mol. The van der Waals surface area contributed by atoms with E-state index in [1.165, 1.54) is 50.7 Å². The second kappa shape index (κ2) is 14.8. The van der Waals surface area contributed by atoms with Crippen molar-refractivity contribution in [2.45, 2.75) is 64.2 Å². The standard InChI is InChI=1S/C24H34N4O4/c29-27(30)23-17-11-9-15-21(23)25-19-13-7-5-3-1-2-4-6-8-14-20-26-22-16-10-12-18-24(22)28(31)32/h9-12,15-18,25-26H,1-8,13-14,19-20H2. The van der Waals surface area contributed by atoms with E-state index in [-0.39, 0.29) is 21.2 Å². The van der Waals surface area contributed by atoms with E-state index < -0.39 is 0 Å². The summed E-state index contributed by atoms with van der Waals surface area (Å²) in [6.45, 7) is 1.51. The van der Waals surface area contributed by atoms with E-state index in [1.54, 1.807) is 36.4 Å². The molecular formula is C24H34N4O4. The lowest BCUT2D eigenvalue weighted by Crippen LogP contribution is -2.04. The minimum atomic E-state index is -0.353. The molecule has 0 spiro atoms. The highest BCUT2D eigenvalue weighted by Crippen LogP contribution is 2.24. The Morgan fingerprint density at radius 2 is 0.844 bits per heavy atom. The van der Waals surface area contributed by atoms with Crippen LogP contribution in [0.4, 0.5) is 22.7 Å². The molecule has 2 aromatic carbocycles. The van der Waals surface area contributed by atoms with Gasteiger partial charge in [-0.2, -0.15) is 0 Å². The number of rotatable bonds is 17. The van der Waals surface area contributed by atoms with Crippen LogP contribution in [-0.2, 0) is 0 Å². The molecule has 0 bridgehead atoms. The van der Waals surface area contributed by atoms with E-state index in [1.807, 2.05) is 0 Å². The van der Waals surface area contributed by atoms with Crippen LogP contribution in [0.15, 0.2) is 48.5 Å². The summed E-state index contributed by atoms with van der Waals surface area (Å²) in [4.78, 5) is 21.3. The highest BCUT2D eigenvalue weighted by atomic mass is 16.6. The van der Waals surface area contributed by atoms with Crippen molar-refractivity contribution in [3.63, 3.8) is 0 Å². The summed E-state index contributed by atoms with van der Waals surface area (Å²) < 4.78 is 0. The third-order valence-corrected chi connectivity index (χ3v) is 5.44. The summed E-state index contributed by atoms with van der Waals surface area (Å²) in [6, 6.07) is 13.5. The van der Waals surface area contributed by atoms with Gasteiger partial charge in [0.1, 0.15) is 11.4 Å². The van der Waals surface area contributed by atoms with Crippen molar-refractivity contribution in [1.82, 2.24) is 0 Å². The minimum absolute atomic E-state index is 0.129. The van der Waals surface area contributed by atoms with E-state index in [9.17, 15) is 20.2 Å². The molecule has 0 aromatic heterocycles. The van der Waals surface area contributed by atoms with Crippen LogP contribution in [0, 0.1) is 20.2 Å². The van der Waals surface area contributed by atoms with Gasteiger partial charge in [-0.25, -0.2) is 0 Å². The molecule has 8 nitrogen and oxygen atoms in total. The molecule has 0 radical (unpaired) electrons. The number of benzene rings is 2. The third kappa shape index (κ3) is 9.32. The van der Waals surface area contributed by atoms with E-state index >= 15 is 0 Å². The average molecular weight is 443 g/mol. The Balaban J connectivity index is 1.40. The predicted molar refractivity (Wildman–Crippen MR) is 129 cm³/mol. The van der Waals surface area contributed by atoms with Gasteiger partial charge in [0.15, 0.2) is 0 Å². The molecule has 0 amide bonds. The summed E-state index contributed by atoms with van der Waals surface area (Å²) in [5.74, 6) is 0. The van der Waals surface area contributed by atoms with Gasteiger partial charge in [0.05, 0.1) is 9.85 Å². The molecule has 2 rings (SSSR count). The molecule has 32 heavy (non-hydrogen) atoms. The molecule has 0 fully saturated rings. The number of hydrogen-bond donors (Lipinski definition) is 2. The van der Waals surface area contributed by atoms with Crippen molar-refractivity contribution in [2.75, 3.05) is 23.7 Å². The van der Waals surface area contributed by atoms with Crippen LogP contribution < -0.4 is 10.6 Å². The average Bonchev–Trinajstić information content (AvgIpc) is 2.79. The third-order valence-electron chi connectivity index (χ3n) is 5.44. The molecule has 0 saturated carbocycles. The molecule has 0 aliphatic heterocycles. The fourth-order valence-electron chi connectivity index (χ4n) is 3.67. The van der Waals surface area contributed by atoms with Gasteiger partial charge in [0.25, 0.3) is 11.4 Å². The van der Waals surface area contributed by atoms with Crippen LogP contribution >= 0.6 is 0 Å². The van der Waals surface area contributed by atoms with E-state index in [0.29, 0.717) is 11.4 Å². The lowest BCUT2D eigenvalue weighted by atomic mass is 10.1. The Bertz CT molecular complexity index is 775. The highest BCUT2D eigenvalue weighted by molar-refractivity contribution is 5.61. The van der Waals surface area contributed by atoms with Crippen LogP contribution in [0.1, 0.15) is 64.2 Å². The molecule has 0 aliphatic rings. The zero-order chi connectivity index (χ0) is 23.0. The summed E-state index contributed by atoms with van der Waals surface area (Å²) in [7, 11) is 0. The quantitative estimate of drug-likeness (QED) is 0.156. The Morgan fingerprint density at radius 1 is 0.531 bits per heavy atom. The zero-order valence-electron chi connectivity index (χ0n) is 18.6. The molecule has 2 N–H and O–H groups in total. The van der Waals surface area contributed by atoms with Gasteiger partial charge in [-0.15, -0.1) is 0 Å². The van der Waals surface area contributed by atoms with Crippen LogP contribution in [0.5, 0.6) is 0 Å². The molecule has 2 aromatic rings. The molecule has 0 aliphatic carbocycles. The van der Waals surface area contributed by atoms with Gasteiger partial charge in [-0.05, 0) is 25.0 Å². The van der Waals surface area contributed by atoms with Crippen molar-refractivity contribution < 1.29 is 9.85 Å². The number of unbranched alkanes of at least 4 members (excludes halogenated alkanes) is 9. The predicted octanol–water partition coefficient (Wildman–Crippen LogP) is 6.93. The first kappa shape index (κ1) is 25.1. The molecule has 174 valence electrons. The molecule has 0 unspecified atom stereocenters. The lowest BCUT2D eigenvalue weighted by molar-refractivity contribution is -0.384. The first-order chi connectivity index (χ1) is 15.6. The second-order valence-electron chi connectivity index (χ2n) is 7.94. The maximum absolute atomic E-state index is 11.0. The van der Waals surface area contributed by atoms with Crippen LogP contribution in [0.25, 0.3) is 0 Å². The van der Waals surface area contributed by atoms with Crippen molar-refractivity contribution in [3.8, 4) is 0 Å². The van der Waals surface area contributed by atoms with Gasteiger partial charge >= 0.3 is 0 Å². The first-order valence-corrected chi connectivity index (χ1v) is 11.5. The Morgan fingerprint density at radius 3 is 1.19 bits per heavy atom. The minimum Gasteiger partial charge on any atom is -0.379 e. The first-order valence-electron chi connectivity index (χ1n) is 11.5. The SMILES string of the molecule is O=[N+]([O-])c1ccccc1NCCCCCCCCCCCCNc1ccccc1[N+](=O)[O-]. The van der Waals surface area contributed by atoms with E-state index in [0.717, 1.165) is 38.8 Å². The van der Waals surface area contributed by atoms with E-state index in [4.69, 9.17) is 0 Å². The van der Waals surface area contributed by atoms with Crippen molar-refractivity contribution in [1.29, 1.82) is 0 Å². The number of nitro groups is 2. The molecule has 0 saturated heterocycles. The number of nitrogens with one attached hydrogen (secondary N) is 2. The van der Waals surface area contributed by atoms with Gasteiger partial charge < -0.3 is 10.6 Å². The number of hydrogen-bond acceptors (Lipinski definition) is 6. The van der Waals surface area contributed by atoms with Gasteiger partial charge in [-0.3, -0.25) is 20.2 Å². The topological polar surface area (TPSA) is 110 Å². The van der Waals surface area contributed by atoms with Crippen molar-refractivity contribution in [2.24, 2.45) is 0 Å². The fourth-order valence-corrected chi connectivity index (χ4v) is 3.67. The molecule has 0 heterocycles. The second-order valence-corrected chi connectivity index (χ2v) is 7.94. The number of para-hydroxylation sites is 4. The van der Waals surface area contributed by atoms with Crippen molar-refractivity contribution in [3.05, 3.63) is 68.8 Å². The van der Waals surface area contributed by atoms with Crippen LogP contribution in [0.2, 0.25) is 0 Å². The summed E-state index contributed by atoms with van der Waals surface area (Å²) >= 11 is 0. The number of nitro benzene ring substituents is 2. The molecule has 8 heteroatoms. The Hall–Kier alpha value is -3.16. The van der Waals surface area contributed by atoms with Crippen LogP contribution in [0.3, 0.4) is 0 Å². The van der Waals surface area contributed by atoms with Gasteiger partial charge in [-0.1, -0.05) is 75.6 Å². The van der Waals surface area contributed by atoms with Gasteiger partial charge in [0, 0.05) is 25.2 Å². The highest BCUT2D eigenvalue weighted by Gasteiger charge is 2.11. The molecule has 0 atom stereocenters. The summed E-state index contributed by atoms with van der Waals surface area (Å²) in [6.07, 6.45) is 11.6. The summed E-state index contributed by atoms with van der Waals surface area (Å²) in [5.41, 5.74) is 1.44. The normalized spacial score (nSPS) is 10.6. The zero-order valence-corrected chi connectivity index (χ0v) is 18.6. The number of anilines is 2. The summed E-state index contributed by atoms with van der Waals surface area (Å²) in [5, 5.41) is 28.3. The van der Waals surface area contributed by atoms with E-state index in [2.05, 4.69) is 10.6 Å². The smallest absolute Gasteiger partial charge is 0.292 e. The van der Waals surface area contributed by atoms with Crippen molar-refractivity contribution >= 4 is 22.7 Å².